The number of hydrogen-bond acceptors (Lipinski definition) is 4. The first-order valence-corrected chi connectivity index (χ1v) is 8.98. The van der Waals surface area contributed by atoms with Gasteiger partial charge in [0, 0.05) is 36.6 Å². The highest BCUT2D eigenvalue weighted by molar-refractivity contribution is 6.35. The molecule has 0 bridgehead atoms. The zero-order valence-electron chi connectivity index (χ0n) is 14.4. The third-order valence-electron chi connectivity index (χ3n) is 4.75. The number of alkyl halides is 1. The van der Waals surface area contributed by atoms with Gasteiger partial charge in [0.05, 0.1) is 23.3 Å². The van der Waals surface area contributed by atoms with Crippen LogP contribution in [0.3, 0.4) is 0 Å². The van der Waals surface area contributed by atoms with Gasteiger partial charge in [0.2, 0.25) is 0 Å². The number of nitrogens with zero attached hydrogens (tertiary/aromatic N) is 4. The molecule has 8 heteroatoms. The number of aromatic nitrogens is 2. The van der Waals surface area contributed by atoms with Gasteiger partial charge in [0.25, 0.3) is 5.91 Å². The summed E-state index contributed by atoms with van der Waals surface area (Å²) in [4.78, 5) is 23.1. The molecule has 1 saturated heterocycles. The van der Waals surface area contributed by atoms with Crippen molar-refractivity contribution >= 4 is 40.1 Å². The highest BCUT2D eigenvalue weighted by atomic mass is 35.5. The predicted octanol–water partition coefficient (Wildman–Crippen LogP) is 3.08. The van der Waals surface area contributed by atoms with E-state index in [1.807, 2.05) is 11.5 Å². The molecule has 1 fully saturated rings. The summed E-state index contributed by atoms with van der Waals surface area (Å²) in [7, 11) is 0. The molecular weight excluding hydrogens is 357 g/mol. The Morgan fingerprint density at radius 1 is 1.38 bits per heavy atom. The summed E-state index contributed by atoms with van der Waals surface area (Å²) in [6.45, 7) is 3.47. The molecule has 0 atom stereocenters. The van der Waals surface area contributed by atoms with E-state index < -0.39 is 6.17 Å². The van der Waals surface area contributed by atoms with Crippen molar-refractivity contribution in [2.75, 3.05) is 19.6 Å². The van der Waals surface area contributed by atoms with Gasteiger partial charge in [-0.15, -0.1) is 0 Å². The van der Waals surface area contributed by atoms with Crippen molar-refractivity contribution in [2.24, 2.45) is 4.99 Å². The van der Waals surface area contributed by atoms with Gasteiger partial charge in [-0.2, -0.15) is 0 Å². The van der Waals surface area contributed by atoms with Crippen LogP contribution in [0.4, 0.5) is 4.39 Å². The Hall–Kier alpha value is -2.41. The van der Waals surface area contributed by atoms with E-state index in [0.29, 0.717) is 54.1 Å². The van der Waals surface area contributed by atoms with E-state index in [-0.39, 0.29) is 5.91 Å². The first-order valence-electron chi connectivity index (χ1n) is 8.60. The average Bonchev–Trinajstić information content (AvgIpc) is 2.99. The second-order valence-electron chi connectivity index (χ2n) is 6.64. The van der Waals surface area contributed by atoms with Crippen LogP contribution in [0.1, 0.15) is 30.1 Å². The fourth-order valence-corrected chi connectivity index (χ4v) is 3.47. The van der Waals surface area contributed by atoms with Crippen LogP contribution in [0.15, 0.2) is 29.7 Å². The lowest BCUT2D eigenvalue weighted by Crippen LogP contribution is -2.39. The number of nitrogens with one attached hydrogen (secondary N) is 1. The van der Waals surface area contributed by atoms with Crippen molar-refractivity contribution in [1.82, 2.24) is 19.8 Å². The number of amides is 1. The third-order valence-corrected chi connectivity index (χ3v) is 5.05. The third kappa shape index (κ3) is 3.07. The highest BCUT2D eigenvalue weighted by Gasteiger charge is 2.24. The zero-order valence-corrected chi connectivity index (χ0v) is 15.1. The van der Waals surface area contributed by atoms with Crippen molar-refractivity contribution in [2.45, 2.75) is 25.9 Å². The van der Waals surface area contributed by atoms with E-state index in [9.17, 15) is 9.18 Å². The number of piperidine rings is 1. The van der Waals surface area contributed by atoms with Crippen LogP contribution in [-0.2, 0) is 0 Å². The average molecular weight is 376 g/mol. The Balaban J connectivity index is 1.66. The number of likely N-dealkylation sites (tertiary alicyclic amines) is 1. The maximum Gasteiger partial charge on any atom is 0.255 e. The van der Waals surface area contributed by atoms with Crippen molar-refractivity contribution in [3.63, 3.8) is 0 Å². The number of fused-ring (bicyclic) bond motifs is 1. The Labute approximate surface area is 155 Å². The molecule has 0 unspecified atom stereocenters. The van der Waals surface area contributed by atoms with Gasteiger partial charge in [-0.1, -0.05) is 11.6 Å². The molecule has 0 aromatic carbocycles. The minimum atomic E-state index is -0.814. The van der Waals surface area contributed by atoms with Crippen LogP contribution in [0.5, 0.6) is 0 Å². The zero-order chi connectivity index (χ0) is 18.3. The van der Waals surface area contributed by atoms with Crippen molar-refractivity contribution in [3.8, 4) is 0 Å². The van der Waals surface area contributed by atoms with E-state index in [1.165, 1.54) is 0 Å². The van der Waals surface area contributed by atoms with Crippen LogP contribution in [-0.4, -0.2) is 51.9 Å². The topological polar surface area (TPSA) is 62.5 Å². The molecule has 1 amide bonds. The standard InChI is InChI=1S/C18H19ClFN5O/c1-11-7-22-16(9-21-11)25-10-15(19)14-6-12(8-23-17(14)25)18(26)24-4-2-13(20)3-5-24/h6,8-10,13,22H,2-5,7H2,1H3. The van der Waals surface area contributed by atoms with Gasteiger partial charge in [-0.05, 0) is 25.8 Å². The van der Waals surface area contributed by atoms with Gasteiger partial charge < -0.3 is 10.2 Å². The summed E-state index contributed by atoms with van der Waals surface area (Å²) in [5.41, 5.74) is 2.12. The number of rotatable bonds is 2. The first kappa shape index (κ1) is 17.0. The summed E-state index contributed by atoms with van der Waals surface area (Å²) in [6, 6.07) is 1.75. The molecule has 0 aliphatic carbocycles. The fraction of sp³-hybridized carbons (Fsp3) is 0.389. The van der Waals surface area contributed by atoms with Crippen LogP contribution >= 0.6 is 11.6 Å². The second-order valence-corrected chi connectivity index (χ2v) is 7.05. The lowest BCUT2D eigenvalue weighted by atomic mass is 10.1. The first-order chi connectivity index (χ1) is 12.5. The SMILES string of the molecule is CC1=NC=C(n2cc(Cl)c3cc(C(=O)N4CCC(F)CC4)cnc32)NC1. The number of aliphatic imine (C=N–C) groups is 1. The Bertz CT molecular complexity index is 927. The van der Waals surface area contributed by atoms with Gasteiger partial charge in [-0.3, -0.25) is 14.4 Å². The summed E-state index contributed by atoms with van der Waals surface area (Å²) in [5, 5.41) is 4.48. The largest absolute Gasteiger partial charge is 0.365 e. The Morgan fingerprint density at radius 3 is 2.85 bits per heavy atom. The lowest BCUT2D eigenvalue weighted by Gasteiger charge is -2.28. The van der Waals surface area contributed by atoms with Crippen molar-refractivity contribution in [1.29, 1.82) is 0 Å². The number of hydrogen-bond donors (Lipinski definition) is 1. The maximum absolute atomic E-state index is 13.3. The molecule has 2 aromatic rings. The summed E-state index contributed by atoms with van der Waals surface area (Å²) < 4.78 is 15.1. The molecule has 1 N–H and O–H groups in total. The lowest BCUT2D eigenvalue weighted by molar-refractivity contribution is 0.0667. The van der Waals surface area contributed by atoms with Crippen LogP contribution < -0.4 is 5.32 Å². The molecule has 2 aliphatic rings. The molecule has 2 aliphatic heterocycles. The summed E-state index contributed by atoms with van der Waals surface area (Å²) >= 11 is 6.38. The quantitative estimate of drug-likeness (QED) is 0.877. The van der Waals surface area contributed by atoms with Crippen LogP contribution in [0.25, 0.3) is 16.9 Å². The number of carbonyl (C=O) groups excluding carboxylic acids is 1. The van der Waals surface area contributed by atoms with E-state index in [0.717, 1.165) is 11.5 Å². The van der Waals surface area contributed by atoms with E-state index in [1.54, 1.807) is 29.6 Å². The summed E-state index contributed by atoms with van der Waals surface area (Å²) in [5.74, 6) is 0.648. The maximum atomic E-state index is 13.3. The van der Waals surface area contributed by atoms with E-state index >= 15 is 0 Å². The predicted molar refractivity (Wildman–Crippen MR) is 100 cm³/mol. The molecule has 0 saturated carbocycles. The molecule has 0 radical (unpaired) electrons. The normalized spacial score (nSPS) is 18.5. The number of halogens is 2. The molecule has 2 aromatic heterocycles. The Morgan fingerprint density at radius 2 is 2.15 bits per heavy atom. The smallest absolute Gasteiger partial charge is 0.255 e. The Kier molecular flexibility index (Phi) is 4.40. The molecule has 136 valence electrons. The molecule has 6 nitrogen and oxygen atoms in total. The number of pyridine rings is 1. The fourth-order valence-electron chi connectivity index (χ4n) is 3.23. The molecule has 0 spiro atoms. The molecular formula is C18H19ClFN5O. The monoisotopic (exact) mass is 375 g/mol. The molecule has 4 rings (SSSR count). The minimum absolute atomic E-state index is 0.134. The van der Waals surface area contributed by atoms with Gasteiger partial charge in [0.15, 0.2) is 0 Å². The second kappa shape index (κ2) is 6.72. The molecule has 4 heterocycles. The van der Waals surface area contributed by atoms with Gasteiger partial charge in [-0.25, -0.2) is 9.37 Å². The van der Waals surface area contributed by atoms with Crippen LogP contribution in [0, 0.1) is 0 Å². The van der Waals surface area contributed by atoms with Gasteiger partial charge in [0.1, 0.15) is 17.6 Å². The number of carbonyl (C=O) groups is 1. The van der Waals surface area contributed by atoms with Crippen LogP contribution in [0.2, 0.25) is 5.02 Å². The van der Waals surface area contributed by atoms with Crippen molar-refractivity contribution < 1.29 is 9.18 Å². The molecule has 26 heavy (non-hydrogen) atoms. The minimum Gasteiger partial charge on any atom is -0.365 e. The highest BCUT2D eigenvalue weighted by Crippen LogP contribution is 2.28. The van der Waals surface area contributed by atoms with Gasteiger partial charge >= 0.3 is 0 Å². The van der Waals surface area contributed by atoms with E-state index in [2.05, 4.69) is 15.3 Å². The van der Waals surface area contributed by atoms with E-state index in [4.69, 9.17) is 11.6 Å². The van der Waals surface area contributed by atoms with Crippen molar-refractivity contribution in [3.05, 3.63) is 35.2 Å². The summed E-state index contributed by atoms with van der Waals surface area (Å²) in [6.07, 6.45) is 5.01.